The van der Waals surface area contributed by atoms with Crippen LogP contribution in [0.25, 0.3) is 20.5 Å². The Bertz CT molecular complexity index is 1600. The summed E-state index contributed by atoms with van der Waals surface area (Å²) < 4.78 is 58.1. The summed E-state index contributed by atoms with van der Waals surface area (Å²) in [5.74, 6) is 1.74. The third kappa shape index (κ3) is 6.05. The summed E-state index contributed by atoms with van der Waals surface area (Å²) in [4.78, 5) is 15.0. The van der Waals surface area contributed by atoms with Gasteiger partial charge >= 0.3 is 7.82 Å². The molecule has 10 nitrogen and oxygen atoms in total. The molecule has 4 rings (SSSR count). The number of carbonyl (C=O) groups excluding carboxylic acids is 1. The minimum absolute atomic E-state index is 0.114. The Balaban J connectivity index is 1.96. The molecule has 0 saturated carbocycles. The van der Waals surface area contributed by atoms with E-state index in [1.54, 1.807) is 57.4 Å². The van der Waals surface area contributed by atoms with E-state index in [0.717, 1.165) is 4.70 Å². The average molecular weight is 617 g/mol. The fourth-order valence-corrected chi connectivity index (χ4v) is 6.89. The van der Waals surface area contributed by atoms with Gasteiger partial charge in [0.2, 0.25) is 5.75 Å². The number of ether oxygens (including phenoxy) is 5. The van der Waals surface area contributed by atoms with Crippen molar-refractivity contribution >= 4 is 35.0 Å². The predicted octanol–water partition coefficient (Wildman–Crippen LogP) is 7.40. The number of fused-ring (bicyclic) bond motifs is 1. The SMILES string of the molecule is CCOP(=O)(OCC)Oc1cc(-c2sc3cccc(OC)c3c2C(=O)c2cc(OC)c(OC)c(OC)c2)ccc1OC. The molecule has 42 heavy (non-hydrogen) atoms. The molecule has 3 aromatic carbocycles. The summed E-state index contributed by atoms with van der Waals surface area (Å²) in [5.41, 5.74) is 1.33. The molecule has 0 aliphatic rings. The molecule has 12 heteroatoms. The molecular formula is C30H33O10PS. The third-order valence-corrected chi connectivity index (χ3v) is 9.03. The molecule has 0 radical (unpaired) electrons. The van der Waals surface area contributed by atoms with Gasteiger partial charge in [0.05, 0.1) is 54.3 Å². The van der Waals surface area contributed by atoms with E-state index >= 15 is 0 Å². The number of ketones is 1. The molecule has 0 atom stereocenters. The number of benzene rings is 3. The van der Waals surface area contributed by atoms with Crippen molar-refractivity contribution < 1.29 is 46.6 Å². The molecule has 0 bridgehead atoms. The quantitative estimate of drug-likeness (QED) is 0.105. The van der Waals surface area contributed by atoms with Gasteiger partial charge in [0.25, 0.3) is 0 Å². The van der Waals surface area contributed by atoms with Crippen LogP contribution in [0.5, 0.6) is 34.5 Å². The van der Waals surface area contributed by atoms with Gasteiger partial charge < -0.3 is 28.2 Å². The first-order chi connectivity index (χ1) is 20.3. The molecule has 0 saturated heterocycles. The lowest BCUT2D eigenvalue weighted by Gasteiger charge is -2.19. The lowest BCUT2D eigenvalue weighted by atomic mass is 9.96. The molecule has 224 valence electrons. The minimum atomic E-state index is -3.94. The fourth-order valence-electron chi connectivity index (χ4n) is 4.48. The van der Waals surface area contributed by atoms with E-state index in [1.165, 1.54) is 39.8 Å². The summed E-state index contributed by atoms with van der Waals surface area (Å²) in [7, 11) is 3.55. The number of hydrogen-bond donors (Lipinski definition) is 0. The maximum Gasteiger partial charge on any atom is 0.530 e. The molecule has 1 heterocycles. The first-order valence-corrected chi connectivity index (χ1v) is 15.3. The number of thiophene rings is 1. The van der Waals surface area contributed by atoms with E-state index in [9.17, 15) is 9.36 Å². The highest BCUT2D eigenvalue weighted by Gasteiger charge is 2.31. The Morgan fingerprint density at radius 2 is 1.36 bits per heavy atom. The van der Waals surface area contributed by atoms with Gasteiger partial charge in [0.15, 0.2) is 28.8 Å². The zero-order chi connectivity index (χ0) is 30.4. The van der Waals surface area contributed by atoms with E-state index in [4.69, 9.17) is 37.3 Å². The number of rotatable bonds is 14. The molecule has 1 aromatic heterocycles. The second-order valence-electron chi connectivity index (χ2n) is 8.62. The molecule has 0 fully saturated rings. The van der Waals surface area contributed by atoms with Gasteiger partial charge in [-0.3, -0.25) is 13.8 Å². The normalized spacial score (nSPS) is 11.3. The summed E-state index contributed by atoms with van der Waals surface area (Å²) in [6, 6.07) is 13.9. The first kappa shape index (κ1) is 31.2. The van der Waals surface area contributed by atoms with Gasteiger partial charge in [-0.05, 0) is 61.9 Å². The second-order valence-corrected chi connectivity index (χ2v) is 11.3. The van der Waals surface area contributed by atoms with E-state index < -0.39 is 7.82 Å². The topological polar surface area (TPSA) is 108 Å². The van der Waals surface area contributed by atoms with Crippen molar-refractivity contribution in [1.82, 2.24) is 0 Å². The highest BCUT2D eigenvalue weighted by Crippen LogP contribution is 2.53. The van der Waals surface area contributed by atoms with Crippen LogP contribution in [-0.2, 0) is 13.6 Å². The Labute approximate surface area is 248 Å². The molecular weight excluding hydrogens is 583 g/mol. The van der Waals surface area contributed by atoms with Gasteiger partial charge in [0, 0.05) is 20.5 Å². The molecule has 0 N–H and O–H groups in total. The van der Waals surface area contributed by atoms with Crippen LogP contribution in [-0.4, -0.2) is 54.5 Å². The van der Waals surface area contributed by atoms with Crippen molar-refractivity contribution in [3.8, 4) is 44.9 Å². The lowest BCUT2D eigenvalue weighted by Crippen LogP contribution is -2.06. The maximum absolute atomic E-state index is 14.4. The lowest BCUT2D eigenvalue weighted by molar-refractivity contribution is 0.104. The minimum Gasteiger partial charge on any atom is -0.496 e. The fraction of sp³-hybridized carbons (Fsp3) is 0.300. The summed E-state index contributed by atoms with van der Waals surface area (Å²) in [6.07, 6.45) is 0. The van der Waals surface area contributed by atoms with Crippen LogP contribution >= 0.6 is 19.2 Å². The van der Waals surface area contributed by atoms with Crippen LogP contribution in [0.15, 0.2) is 48.5 Å². The predicted molar refractivity (Wildman–Crippen MR) is 161 cm³/mol. The summed E-state index contributed by atoms with van der Waals surface area (Å²) >= 11 is 1.40. The molecule has 0 spiro atoms. The standard InChI is InChI=1S/C30H33O10PS/c1-8-38-41(32,39-9-2)40-22-15-18(13-14-20(22)33-3)30-27(26-21(34-4)11-10-12-25(26)42-30)28(31)19-16-23(35-5)29(37-7)24(17-19)36-6/h10-17H,8-9H2,1-7H3. The number of hydrogen-bond acceptors (Lipinski definition) is 11. The molecule has 0 aliphatic heterocycles. The monoisotopic (exact) mass is 616 g/mol. The summed E-state index contributed by atoms with van der Waals surface area (Å²) in [6.45, 7) is 3.61. The molecule has 0 aliphatic carbocycles. The van der Waals surface area contributed by atoms with Crippen LogP contribution in [0.4, 0.5) is 0 Å². The third-order valence-electron chi connectivity index (χ3n) is 6.26. The van der Waals surface area contributed by atoms with E-state index in [1.807, 2.05) is 12.1 Å². The average Bonchev–Trinajstić information content (AvgIpc) is 3.39. The van der Waals surface area contributed by atoms with Crippen LogP contribution < -0.4 is 28.2 Å². The first-order valence-electron chi connectivity index (χ1n) is 13.0. The second kappa shape index (κ2) is 13.5. The largest absolute Gasteiger partial charge is 0.530 e. The molecule has 4 aromatic rings. The van der Waals surface area contributed by atoms with E-state index in [2.05, 4.69) is 0 Å². The van der Waals surface area contributed by atoms with Crippen LogP contribution in [0.1, 0.15) is 29.8 Å². The molecule has 0 unspecified atom stereocenters. The van der Waals surface area contributed by atoms with Crippen molar-refractivity contribution in [2.24, 2.45) is 0 Å². The van der Waals surface area contributed by atoms with Gasteiger partial charge in [0.1, 0.15) is 5.75 Å². The molecule has 0 amide bonds. The summed E-state index contributed by atoms with van der Waals surface area (Å²) in [5, 5.41) is 0.645. The highest BCUT2D eigenvalue weighted by molar-refractivity contribution is 7.48. The van der Waals surface area contributed by atoms with E-state index in [0.29, 0.717) is 55.7 Å². The van der Waals surface area contributed by atoms with Gasteiger partial charge in [-0.2, -0.15) is 0 Å². The maximum atomic E-state index is 14.4. The van der Waals surface area contributed by atoms with Crippen molar-refractivity contribution in [3.05, 3.63) is 59.7 Å². The van der Waals surface area contributed by atoms with Gasteiger partial charge in [-0.1, -0.05) is 6.07 Å². The Morgan fingerprint density at radius 1 is 0.738 bits per heavy atom. The number of phosphoric acid groups is 1. The number of phosphoric ester groups is 1. The van der Waals surface area contributed by atoms with Gasteiger partial charge in [-0.25, -0.2) is 4.57 Å². The Morgan fingerprint density at radius 3 is 1.90 bits per heavy atom. The zero-order valence-corrected chi connectivity index (χ0v) is 26.2. The van der Waals surface area contributed by atoms with Crippen molar-refractivity contribution in [2.75, 3.05) is 48.8 Å². The van der Waals surface area contributed by atoms with Crippen molar-refractivity contribution in [3.63, 3.8) is 0 Å². The van der Waals surface area contributed by atoms with Crippen LogP contribution in [0.2, 0.25) is 0 Å². The van der Waals surface area contributed by atoms with Crippen LogP contribution in [0.3, 0.4) is 0 Å². The van der Waals surface area contributed by atoms with Crippen molar-refractivity contribution in [2.45, 2.75) is 13.8 Å². The number of methoxy groups -OCH3 is 5. The van der Waals surface area contributed by atoms with Crippen LogP contribution in [0, 0.1) is 0 Å². The van der Waals surface area contributed by atoms with Crippen molar-refractivity contribution in [1.29, 1.82) is 0 Å². The van der Waals surface area contributed by atoms with E-state index in [-0.39, 0.29) is 24.7 Å². The Hall–Kier alpha value is -3.76. The smallest absolute Gasteiger partial charge is 0.496 e. The Kier molecular flexibility index (Phi) is 10.0. The van der Waals surface area contributed by atoms with Gasteiger partial charge in [-0.15, -0.1) is 11.3 Å². The highest BCUT2D eigenvalue weighted by atomic mass is 32.1. The number of carbonyl (C=O) groups is 1. The zero-order valence-electron chi connectivity index (χ0n) is 24.5.